The molecule has 52 valence electrons. The molecule has 0 saturated heterocycles. The number of halogens is 3. The first-order valence-corrected chi connectivity index (χ1v) is 3.61. The van der Waals surface area contributed by atoms with E-state index in [1.165, 1.54) is 12.1 Å². The molecule has 0 radical (unpaired) electrons. The van der Waals surface area contributed by atoms with Gasteiger partial charge in [0.25, 0.3) is 0 Å². The van der Waals surface area contributed by atoms with Crippen LogP contribution in [0.2, 0.25) is 0 Å². The molecule has 0 spiro atoms. The second kappa shape index (κ2) is 3.26. The zero-order valence-corrected chi connectivity index (χ0v) is 6.53. The van der Waals surface area contributed by atoms with Gasteiger partial charge in [-0.3, -0.25) is 0 Å². The van der Waals surface area contributed by atoms with Gasteiger partial charge in [-0.25, -0.2) is 4.39 Å². The van der Waals surface area contributed by atoms with Crippen LogP contribution in [0.15, 0.2) is 24.3 Å². The number of rotatable bonds is 1. The Balaban J connectivity index is 2.96. The molecule has 0 aromatic heterocycles. The Labute approximate surface area is 68.9 Å². The van der Waals surface area contributed by atoms with Crippen LogP contribution >= 0.6 is 22.9 Å². The molecular weight excluding hydrogens is 173 g/mol. The lowest BCUT2D eigenvalue weighted by Gasteiger charge is -1.95. The van der Waals surface area contributed by atoms with Gasteiger partial charge in [-0.05, 0) is 17.6 Å². The van der Waals surface area contributed by atoms with Crippen molar-refractivity contribution in [2.75, 3.05) is 0 Å². The Morgan fingerprint density at radius 3 is 2.40 bits per heavy atom. The molecule has 0 N–H and O–H groups in total. The number of hydrogen-bond donors (Lipinski definition) is 0. The van der Waals surface area contributed by atoms with Crippen molar-refractivity contribution in [3.05, 3.63) is 30.1 Å². The van der Waals surface area contributed by atoms with Gasteiger partial charge in [-0.15, -0.1) is 0 Å². The molecular formula is C6H4BCl2F. The van der Waals surface area contributed by atoms with Crippen molar-refractivity contribution in [2.24, 2.45) is 0 Å². The van der Waals surface area contributed by atoms with Crippen LogP contribution in [0.1, 0.15) is 0 Å². The van der Waals surface area contributed by atoms with Gasteiger partial charge in [0.05, 0.1) is 0 Å². The van der Waals surface area contributed by atoms with Crippen LogP contribution in [0.25, 0.3) is 0 Å². The summed E-state index contributed by atoms with van der Waals surface area (Å²) in [7, 11) is 0. The van der Waals surface area contributed by atoms with Gasteiger partial charge in [-0.2, -0.15) is 22.9 Å². The highest BCUT2D eigenvalue weighted by molar-refractivity contribution is 7.39. The van der Waals surface area contributed by atoms with Gasteiger partial charge in [0.1, 0.15) is 5.82 Å². The molecule has 1 rings (SSSR count). The normalized spacial score (nSPS) is 9.50. The van der Waals surface area contributed by atoms with Gasteiger partial charge in [0.15, 0.2) is 0 Å². The van der Waals surface area contributed by atoms with Crippen molar-refractivity contribution in [2.45, 2.75) is 0 Å². The predicted octanol–water partition coefficient (Wildman–Crippen LogP) is 2.00. The van der Waals surface area contributed by atoms with Crippen LogP contribution in [0.4, 0.5) is 4.39 Å². The van der Waals surface area contributed by atoms with Crippen LogP contribution in [0.5, 0.6) is 0 Å². The Morgan fingerprint density at radius 2 is 2.00 bits per heavy atom. The van der Waals surface area contributed by atoms with E-state index in [0.717, 1.165) is 0 Å². The smallest absolute Gasteiger partial charge is 0.207 e. The molecule has 1 aromatic carbocycles. The second-order valence-corrected chi connectivity index (χ2v) is 2.95. The number of benzene rings is 1. The summed E-state index contributed by atoms with van der Waals surface area (Å²) >= 11 is 10.9. The van der Waals surface area contributed by atoms with Crippen molar-refractivity contribution >= 4 is 33.9 Å². The minimum absolute atomic E-state index is 0.316. The molecule has 0 nitrogen and oxygen atoms in total. The van der Waals surface area contributed by atoms with Crippen molar-refractivity contribution in [3.8, 4) is 0 Å². The summed E-state index contributed by atoms with van der Waals surface area (Å²) in [6, 6.07) is 5.90. The predicted molar refractivity (Wildman–Crippen MR) is 43.5 cm³/mol. The quantitative estimate of drug-likeness (QED) is 0.575. The maximum atomic E-state index is 12.4. The molecule has 0 aliphatic rings. The first-order valence-electron chi connectivity index (χ1n) is 2.74. The molecule has 0 saturated carbocycles. The molecule has 0 bridgehead atoms. The summed E-state index contributed by atoms with van der Waals surface area (Å²) in [5.74, 6) is -0.316. The van der Waals surface area contributed by atoms with E-state index in [1.807, 2.05) is 0 Å². The molecule has 0 atom stereocenters. The summed E-state index contributed by atoms with van der Waals surface area (Å²) in [6.45, 7) is 0. The third-order valence-corrected chi connectivity index (χ3v) is 1.60. The highest BCUT2D eigenvalue weighted by atomic mass is 35.5. The maximum Gasteiger partial charge on any atom is 0.382 e. The average Bonchev–Trinajstić information content (AvgIpc) is 1.88. The third kappa shape index (κ3) is 1.89. The molecule has 0 heterocycles. The first-order chi connectivity index (χ1) is 4.70. The highest BCUT2D eigenvalue weighted by Gasteiger charge is 2.08. The number of hydrogen-bond acceptors (Lipinski definition) is 0. The minimum Gasteiger partial charge on any atom is -0.207 e. The molecule has 0 fully saturated rings. The van der Waals surface area contributed by atoms with Crippen molar-refractivity contribution in [1.82, 2.24) is 0 Å². The minimum atomic E-state index is -0.643. The van der Waals surface area contributed by atoms with Crippen LogP contribution < -0.4 is 5.46 Å². The van der Waals surface area contributed by atoms with E-state index in [2.05, 4.69) is 0 Å². The van der Waals surface area contributed by atoms with Crippen LogP contribution in [0.3, 0.4) is 0 Å². The Hall–Kier alpha value is -0.205. The lowest BCUT2D eigenvalue weighted by Crippen LogP contribution is -2.17. The fourth-order valence-electron chi connectivity index (χ4n) is 0.642. The topological polar surface area (TPSA) is 0 Å². The summed E-state index contributed by atoms with van der Waals surface area (Å²) in [6.07, 6.45) is 0. The fourth-order valence-corrected chi connectivity index (χ4v) is 0.914. The zero-order chi connectivity index (χ0) is 7.56. The van der Waals surface area contributed by atoms with Gasteiger partial charge in [0, 0.05) is 0 Å². The van der Waals surface area contributed by atoms with Gasteiger partial charge in [-0.1, -0.05) is 12.1 Å². The van der Waals surface area contributed by atoms with Gasteiger partial charge < -0.3 is 0 Å². The van der Waals surface area contributed by atoms with Crippen LogP contribution in [0, 0.1) is 5.82 Å². The van der Waals surface area contributed by atoms with E-state index in [4.69, 9.17) is 22.9 Å². The van der Waals surface area contributed by atoms with Gasteiger partial charge in [0.2, 0.25) is 0 Å². The van der Waals surface area contributed by atoms with Crippen molar-refractivity contribution in [3.63, 3.8) is 0 Å². The summed E-state index contributed by atoms with van der Waals surface area (Å²) in [5, 5.41) is 0. The van der Waals surface area contributed by atoms with E-state index < -0.39 is 5.54 Å². The molecule has 0 aliphatic carbocycles. The van der Waals surface area contributed by atoms with E-state index in [1.54, 1.807) is 12.1 Å². The molecule has 4 heteroatoms. The van der Waals surface area contributed by atoms with Crippen LogP contribution in [-0.4, -0.2) is 5.54 Å². The van der Waals surface area contributed by atoms with E-state index in [9.17, 15) is 4.39 Å². The molecule has 0 aliphatic heterocycles. The molecule has 1 aromatic rings. The second-order valence-electron chi connectivity index (χ2n) is 1.86. The van der Waals surface area contributed by atoms with Gasteiger partial charge >= 0.3 is 5.54 Å². The summed E-state index contributed by atoms with van der Waals surface area (Å²) in [4.78, 5) is 0. The van der Waals surface area contributed by atoms with E-state index >= 15 is 0 Å². The van der Waals surface area contributed by atoms with Crippen molar-refractivity contribution in [1.29, 1.82) is 0 Å². The SMILES string of the molecule is Fc1cccc(B(Cl)Cl)c1. The maximum absolute atomic E-state index is 12.4. The highest BCUT2D eigenvalue weighted by Crippen LogP contribution is 1.99. The Bertz CT molecular complexity index is 227. The van der Waals surface area contributed by atoms with Crippen LogP contribution in [-0.2, 0) is 0 Å². The van der Waals surface area contributed by atoms with Crippen molar-refractivity contribution < 1.29 is 4.39 Å². The lowest BCUT2D eigenvalue weighted by atomic mass is 9.93. The van der Waals surface area contributed by atoms with E-state index in [0.29, 0.717) is 5.46 Å². The standard InChI is InChI=1S/C6H4BCl2F/c8-7(9)5-2-1-3-6(10)4-5/h1-4H. The monoisotopic (exact) mass is 176 g/mol. The Morgan fingerprint density at radius 1 is 1.30 bits per heavy atom. The molecule has 10 heavy (non-hydrogen) atoms. The summed E-state index contributed by atoms with van der Waals surface area (Å²) in [5.41, 5.74) is -0.0565. The van der Waals surface area contributed by atoms with E-state index in [-0.39, 0.29) is 5.82 Å². The fraction of sp³-hybridized carbons (Fsp3) is 0. The average molecular weight is 177 g/mol. The lowest BCUT2D eigenvalue weighted by molar-refractivity contribution is 0.629. The molecule has 0 unspecified atom stereocenters. The molecule has 0 amide bonds. The first kappa shape index (κ1) is 7.90. The summed E-state index contributed by atoms with van der Waals surface area (Å²) < 4.78 is 12.4. The third-order valence-electron chi connectivity index (χ3n) is 1.10. The Kier molecular flexibility index (Phi) is 2.58. The largest absolute Gasteiger partial charge is 0.382 e. The zero-order valence-electron chi connectivity index (χ0n) is 5.02.